The third-order valence-corrected chi connectivity index (χ3v) is 3.63. The summed E-state index contributed by atoms with van der Waals surface area (Å²) in [7, 11) is 0. The van der Waals surface area contributed by atoms with Crippen molar-refractivity contribution < 1.29 is 24.5 Å². The molecule has 0 spiro atoms. The molecule has 0 atom stereocenters. The van der Waals surface area contributed by atoms with Gasteiger partial charge in [-0.2, -0.15) is 0 Å². The molecule has 0 fully saturated rings. The standard InChI is InChI=1S/C18H28O5/c1-4-7-8-11-22-17-14(10-6-3)13(9-5-2)12-15(16(17)19)23-18(20)21/h12,19H,4-11H2,1-3H3,(H,20,21). The molecule has 0 aliphatic heterocycles. The van der Waals surface area contributed by atoms with Crippen molar-refractivity contribution >= 4 is 6.16 Å². The molecule has 130 valence electrons. The Balaban J connectivity index is 3.21. The van der Waals surface area contributed by atoms with Crippen molar-refractivity contribution in [3.8, 4) is 17.2 Å². The number of carbonyl (C=O) groups is 1. The number of carboxylic acid groups (broad SMARTS) is 1. The van der Waals surface area contributed by atoms with E-state index in [-0.39, 0.29) is 11.5 Å². The third-order valence-electron chi connectivity index (χ3n) is 3.63. The highest BCUT2D eigenvalue weighted by molar-refractivity contribution is 5.66. The molecule has 1 aromatic carbocycles. The molecule has 5 nitrogen and oxygen atoms in total. The number of unbranched alkanes of at least 4 members (excludes halogenated alkanes) is 2. The average molecular weight is 324 g/mol. The topological polar surface area (TPSA) is 76.0 Å². The summed E-state index contributed by atoms with van der Waals surface area (Å²) in [6, 6.07) is 1.62. The van der Waals surface area contributed by atoms with Crippen molar-refractivity contribution in [3.05, 3.63) is 17.2 Å². The van der Waals surface area contributed by atoms with E-state index < -0.39 is 6.16 Å². The first-order valence-electron chi connectivity index (χ1n) is 8.46. The minimum atomic E-state index is -1.44. The number of benzene rings is 1. The summed E-state index contributed by atoms with van der Waals surface area (Å²) in [6.45, 7) is 6.73. The molecule has 0 saturated heterocycles. The average Bonchev–Trinajstić information content (AvgIpc) is 2.50. The predicted molar refractivity (Wildman–Crippen MR) is 89.8 cm³/mol. The highest BCUT2D eigenvalue weighted by Gasteiger charge is 2.21. The Morgan fingerprint density at radius 1 is 1.09 bits per heavy atom. The number of aromatic hydroxyl groups is 1. The summed E-state index contributed by atoms with van der Waals surface area (Å²) >= 11 is 0. The fourth-order valence-electron chi connectivity index (χ4n) is 2.58. The monoisotopic (exact) mass is 324 g/mol. The molecule has 0 heterocycles. The van der Waals surface area contributed by atoms with Gasteiger partial charge in [-0.1, -0.05) is 46.5 Å². The highest BCUT2D eigenvalue weighted by atomic mass is 16.7. The maximum absolute atomic E-state index is 10.8. The smallest absolute Gasteiger partial charge is 0.502 e. The van der Waals surface area contributed by atoms with Crippen molar-refractivity contribution in [1.29, 1.82) is 0 Å². The lowest BCUT2D eigenvalue weighted by molar-refractivity contribution is 0.142. The van der Waals surface area contributed by atoms with Crippen LogP contribution in [0.3, 0.4) is 0 Å². The zero-order valence-corrected chi connectivity index (χ0v) is 14.4. The lowest BCUT2D eigenvalue weighted by Gasteiger charge is -2.18. The quantitative estimate of drug-likeness (QED) is 0.363. The van der Waals surface area contributed by atoms with Gasteiger partial charge in [0, 0.05) is 5.56 Å². The van der Waals surface area contributed by atoms with Crippen LogP contribution in [0.5, 0.6) is 17.2 Å². The van der Waals surface area contributed by atoms with Crippen molar-refractivity contribution in [1.82, 2.24) is 0 Å². The van der Waals surface area contributed by atoms with Crippen LogP contribution >= 0.6 is 0 Å². The minimum absolute atomic E-state index is 0.0497. The van der Waals surface area contributed by atoms with E-state index in [4.69, 9.17) is 14.6 Å². The molecule has 1 rings (SSSR count). The van der Waals surface area contributed by atoms with Gasteiger partial charge in [-0.3, -0.25) is 0 Å². The van der Waals surface area contributed by atoms with Crippen molar-refractivity contribution in [2.75, 3.05) is 6.61 Å². The fraction of sp³-hybridized carbons (Fsp3) is 0.611. The van der Waals surface area contributed by atoms with Crippen LogP contribution in [-0.4, -0.2) is 23.0 Å². The molecule has 0 aromatic heterocycles. The summed E-state index contributed by atoms with van der Waals surface area (Å²) in [4.78, 5) is 10.8. The van der Waals surface area contributed by atoms with E-state index in [0.29, 0.717) is 12.4 Å². The molecular formula is C18H28O5. The van der Waals surface area contributed by atoms with Crippen LogP contribution < -0.4 is 9.47 Å². The van der Waals surface area contributed by atoms with Crippen LogP contribution in [-0.2, 0) is 12.8 Å². The Bertz CT molecular complexity index is 511. The first-order valence-corrected chi connectivity index (χ1v) is 8.46. The van der Waals surface area contributed by atoms with E-state index in [9.17, 15) is 9.90 Å². The lowest BCUT2D eigenvalue weighted by atomic mass is 9.97. The molecule has 0 unspecified atom stereocenters. The van der Waals surface area contributed by atoms with E-state index in [1.807, 2.05) is 0 Å². The van der Waals surface area contributed by atoms with E-state index in [1.165, 1.54) is 0 Å². The van der Waals surface area contributed by atoms with Crippen molar-refractivity contribution in [2.45, 2.75) is 65.7 Å². The normalized spacial score (nSPS) is 10.6. The van der Waals surface area contributed by atoms with Crippen LogP contribution in [0.25, 0.3) is 0 Å². The number of aryl methyl sites for hydroxylation is 1. The van der Waals surface area contributed by atoms with Gasteiger partial charge < -0.3 is 19.7 Å². The lowest BCUT2D eigenvalue weighted by Crippen LogP contribution is -2.08. The summed E-state index contributed by atoms with van der Waals surface area (Å²) in [5, 5.41) is 19.2. The van der Waals surface area contributed by atoms with E-state index in [0.717, 1.165) is 56.1 Å². The summed E-state index contributed by atoms with van der Waals surface area (Å²) in [5.74, 6) is 0.114. The molecular weight excluding hydrogens is 296 g/mol. The molecule has 5 heteroatoms. The van der Waals surface area contributed by atoms with E-state index in [2.05, 4.69) is 20.8 Å². The zero-order chi connectivity index (χ0) is 17.2. The largest absolute Gasteiger partial charge is 0.511 e. The number of ether oxygens (including phenoxy) is 2. The molecule has 2 N–H and O–H groups in total. The number of hydrogen-bond donors (Lipinski definition) is 2. The second-order valence-electron chi connectivity index (χ2n) is 5.61. The van der Waals surface area contributed by atoms with Gasteiger partial charge in [0.25, 0.3) is 0 Å². The minimum Gasteiger partial charge on any atom is -0.502 e. The molecule has 0 radical (unpaired) electrons. The maximum Gasteiger partial charge on any atom is 0.511 e. The predicted octanol–water partition coefficient (Wildman–Crippen LogP) is 4.92. The molecule has 0 aliphatic carbocycles. The SMILES string of the molecule is CCCCCOc1c(O)c(OC(=O)O)cc(CCC)c1CCC. The summed E-state index contributed by atoms with van der Waals surface area (Å²) in [6.07, 6.45) is 4.99. The van der Waals surface area contributed by atoms with Crippen LogP contribution in [0.2, 0.25) is 0 Å². The van der Waals surface area contributed by atoms with Crippen LogP contribution in [0, 0.1) is 0 Å². The second-order valence-corrected chi connectivity index (χ2v) is 5.61. The summed E-state index contributed by atoms with van der Waals surface area (Å²) in [5.41, 5.74) is 1.94. The molecule has 0 aliphatic rings. The maximum atomic E-state index is 10.8. The molecule has 1 aromatic rings. The molecule has 0 saturated carbocycles. The Labute approximate surface area is 138 Å². The number of phenolic OH excluding ortho intramolecular Hbond substituents is 1. The van der Waals surface area contributed by atoms with Gasteiger partial charge in [-0.15, -0.1) is 0 Å². The Hall–Kier alpha value is -1.91. The van der Waals surface area contributed by atoms with Crippen LogP contribution in [0.4, 0.5) is 4.79 Å². The van der Waals surface area contributed by atoms with Gasteiger partial charge in [0.15, 0.2) is 11.5 Å². The Morgan fingerprint density at radius 2 is 1.78 bits per heavy atom. The molecule has 0 amide bonds. The Morgan fingerprint density at radius 3 is 2.35 bits per heavy atom. The molecule has 23 heavy (non-hydrogen) atoms. The second kappa shape index (κ2) is 9.98. The summed E-state index contributed by atoms with van der Waals surface area (Å²) < 4.78 is 10.5. The molecule has 0 bridgehead atoms. The number of rotatable bonds is 10. The zero-order valence-electron chi connectivity index (χ0n) is 14.4. The van der Waals surface area contributed by atoms with Crippen molar-refractivity contribution in [2.24, 2.45) is 0 Å². The van der Waals surface area contributed by atoms with Gasteiger partial charge in [-0.05, 0) is 30.9 Å². The van der Waals surface area contributed by atoms with Gasteiger partial charge in [0.2, 0.25) is 5.75 Å². The van der Waals surface area contributed by atoms with Gasteiger partial charge in [0.1, 0.15) is 0 Å². The van der Waals surface area contributed by atoms with Gasteiger partial charge in [0.05, 0.1) is 6.61 Å². The number of phenols is 1. The van der Waals surface area contributed by atoms with Crippen LogP contribution in [0.15, 0.2) is 6.07 Å². The number of hydrogen-bond acceptors (Lipinski definition) is 4. The van der Waals surface area contributed by atoms with Crippen LogP contribution in [0.1, 0.15) is 64.0 Å². The first kappa shape index (κ1) is 19.1. The van der Waals surface area contributed by atoms with E-state index in [1.54, 1.807) is 6.07 Å². The highest BCUT2D eigenvalue weighted by Crippen LogP contribution is 2.42. The third kappa shape index (κ3) is 5.66. The van der Waals surface area contributed by atoms with Gasteiger partial charge in [-0.25, -0.2) is 4.79 Å². The first-order chi connectivity index (χ1) is 11.0. The fourth-order valence-corrected chi connectivity index (χ4v) is 2.58. The Kier molecular flexibility index (Phi) is 8.30. The van der Waals surface area contributed by atoms with Crippen molar-refractivity contribution in [3.63, 3.8) is 0 Å². The van der Waals surface area contributed by atoms with Gasteiger partial charge >= 0.3 is 6.16 Å². The van der Waals surface area contributed by atoms with E-state index >= 15 is 0 Å².